The van der Waals surface area contributed by atoms with Crippen molar-refractivity contribution < 1.29 is 9.53 Å². The molecule has 0 fully saturated rings. The molecule has 0 unspecified atom stereocenters. The molecule has 1 amide bonds. The number of ether oxygens (including phenoxy) is 1. The number of nitrogens with one attached hydrogen (secondary N) is 1. The molecule has 2 atom stereocenters. The van der Waals surface area contributed by atoms with Gasteiger partial charge in [-0.05, 0) is 48.4 Å². The number of carbonyl (C=O) groups is 1. The molecule has 4 aromatic carbocycles. The predicted octanol–water partition coefficient (Wildman–Crippen LogP) is 6.59. The van der Waals surface area contributed by atoms with Crippen molar-refractivity contribution in [3.05, 3.63) is 131 Å². The lowest BCUT2D eigenvalue weighted by Crippen LogP contribution is -2.34. The second-order valence-electron chi connectivity index (χ2n) is 8.23. The molecule has 1 aliphatic rings. The maximum Gasteiger partial charge on any atom is 0.256 e. The normalized spacial score (nSPS) is 15.7. The van der Waals surface area contributed by atoms with Crippen molar-refractivity contribution in [2.45, 2.75) is 25.7 Å². The van der Waals surface area contributed by atoms with Gasteiger partial charge in [0.15, 0.2) is 0 Å². The van der Waals surface area contributed by atoms with E-state index in [-0.39, 0.29) is 18.1 Å². The highest BCUT2D eigenvalue weighted by Crippen LogP contribution is 2.40. The molecule has 0 radical (unpaired) electrons. The number of fused-ring (bicyclic) bond motifs is 1. The number of anilines is 1. The number of amides is 1. The average Bonchev–Trinajstić information content (AvgIpc) is 3.15. The first-order valence-electron chi connectivity index (χ1n) is 11.2. The van der Waals surface area contributed by atoms with Gasteiger partial charge in [0.2, 0.25) is 0 Å². The van der Waals surface area contributed by atoms with Crippen LogP contribution in [0.15, 0.2) is 109 Å². The summed E-state index contributed by atoms with van der Waals surface area (Å²) >= 11 is 0. The van der Waals surface area contributed by atoms with Crippen molar-refractivity contribution in [3.8, 4) is 5.75 Å². The molecule has 0 aliphatic carbocycles. The van der Waals surface area contributed by atoms with Crippen molar-refractivity contribution >= 4 is 11.6 Å². The first kappa shape index (κ1) is 20.8. The van der Waals surface area contributed by atoms with Crippen LogP contribution in [0.25, 0.3) is 0 Å². The summed E-state index contributed by atoms with van der Waals surface area (Å²) in [6.07, 6.45) is -0.250. The summed E-state index contributed by atoms with van der Waals surface area (Å²) in [4.78, 5) is 15.3. The van der Waals surface area contributed by atoms with Crippen LogP contribution in [-0.2, 0) is 6.61 Å². The van der Waals surface area contributed by atoms with E-state index in [1.54, 1.807) is 0 Å². The molecule has 4 aromatic rings. The SMILES string of the molecule is C[C@H](c1ccccc1)N1C(=O)c2ccccc2[C@H]1Nc1ccc(OCc2ccccc2)cc1. The highest BCUT2D eigenvalue weighted by molar-refractivity contribution is 5.99. The zero-order chi connectivity index (χ0) is 22.6. The molecule has 0 saturated heterocycles. The fourth-order valence-electron chi connectivity index (χ4n) is 4.32. The van der Waals surface area contributed by atoms with Crippen LogP contribution in [0.5, 0.6) is 5.75 Å². The zero-order valence-electron chi connectivity index (χ0n) is 18.5. The molecule has 5 rings (SSSR count). The Morgan fingerprint density at radius 1 is 0.818 bits per heavy atom. The van der Waals surface area contributed by atoms with Gasteiger partial charge in [-0.2, -0.15) is 0 Å². The summed E-state index contributed by atoms with van der Waals surface area (Å²) in [6.45, 7) is 2.61. The molecule has 1 N–H and O–H groups in total. The summed E-state index contributed by atoms with van der Waals surface area (Å²) in [5.74, 6) is 0.851. The molecule has 0 aromatic heterocycles. The van der Waals surface area contributed by atoms with Crippen molar-refractivity contribution in [2.24, 2.45) is 0 Å². The van der Waals surface area contributed by atoms with Crippen LogP contribution in [0.4, 0.5) is 5.69 Å². The average molecular weight is 435 g/mol. The van der Waals surface area contributed by atoms with Gasteiger partial charge < -0.3 is 15.0 Å². The number of nitrogens with zero attached hydrogens (tertiary/aromatic N) is 1. The minimum Gasteiger partial charge on any atom is -0.489 e. The van der Waals surface area contributed by atoms with Crippen LogP contribution in [-0.4, -0.2) is 10.8 Å². The van der Waals surface area contributed by atoms with E-state index in [0.717, 1.165) is 33.7 Å². The quantitative estimate of drug-likeness (QED) is 0.357. The van der Waals surface area contributed by atoms with Crippen molar-refractivity contribution in [1.29, 1.82) is 0 Å². The Labute approximate surface area is 194 Å². The molecule has 1 heterocycles. The third-order valence-electron chi connectivity index (χ3n) is 6.10. The Kier molecular flexibility index (Phi) is 5.81. The van der Waals surface area contributed by atoms with Crippen LogP contribution in [0.2, 0.25) is 0 Å². The van der Waals surface area contributed by atoms with Crippen LogP contribution in [0.1, 0.15) is 46.2 Å². The zero-order valence-corrected chi connectivity index (χ0v) is 18.5. The van der Waals surface area contributed by atoms with Gasteiger partial charge in [-0.25, -0.2) is 0 Å². The van der Waals surface area contributed by atoms with Crippen molar-refractivity contribution in [1.82, 2.24) is 4.90 Å². The van der Waals surface area contributed by atoms with E-state index in [9.17, 15) is 4.79 Å². The summed E-state index contributed by atoms with van der Waals surface area (Å²) in [5.41, 5.74) is 4.92. The third-order valence-corrected chi connectivity index (χ3v) is 6.10. The van der Waals surface area contributed by atoms with E-state index in [4.69, 9.17) is 4.74 Å². The van der Waals surface area contributed by atoms with Crippen LogP contribution in [0.3, 0.4) is 0 Å². The largest absolute Gasteiger partial charge is 0.489 e. The van der Waals surface area contributed by atoms with Gasteiger partial charge in [0.1, 0.15) is 18.5 Å². The van der Waals surface area contributed by atoms with Crippen LogP contribution in [0, 0.1) is 0 Å². The number of carbonyl (C=O) groups excluding carboxylic acids is 1. The number of benzene rings is 4. The minimum absolute atomic E-state index is 0.0438. The molecule has 4 heteroatoms. The summed E-state index contributed by atoms with van der Waals surface area (Å²) < 4.78 is 5.92. The summed E-state index contributed by atoms with van der Waals surface area (Å²) in [6, 6.07) is 35.9. The molecular weight excluding hydrogens is 408 g/mol. The van der Waals surface area contributed by atoms with Gasteiger partial charge in [-0.3, -0.25) is 4.79 Å². The van der Waals surface area contributed by atoms with E-state index in [1.165, 1.54) is 0 Å². The molecule has 0 bridgehead atoms. The Hall–Kier alpha value is -4.05. The fraction of sp³-hybridized carbons (Fsp3) is 0.138. The Morgan fingerprint density at radius 3 is 2.18 bits per heavy atom. The van der Waals surface area contributed by atoms with Gasteiger partial charge in [-0.15, -0.1) is 0 Å². The van der Waals surface area contributed by atoms with E-state index in [1.807, 2.05) is 102 Å². The van der Waals surface area contributed by atoms with Gasteiger partial charge in [0.25, 0.3) is 5.91 Å². The van der Waals surface area contributed by atoms with Gasteiger partial charge in [0, 0.05) is 16.8 Å². The predicted molar refractivity (Wildman–Crippen MR) is 131 cm³/mol. The molecule has 164 valence electrons. The topological polar surface area (TPSA) is 41.6 Å². The number of hydrogen-bond acceptors (Lipinski definition) is 3. The first-order chi connectivity index (χ1) is 16.2. The molecular formula is C29H26N2O2. The van der Waals surface area contributed by atoms with Crippen molar-refractivity contribution in [2.75, 3.05) is 5.32 Å². The smallest absolute Gasteiger partial charge is 0.256 e. The fourth-order valence-corrected chi connectivity index (χ4v) is 4.32. The van der Waals surface area contributed by atoms with E-state index >= 15 is 0 Å². The van der Waals surface area contributed by atoms with E-state index in [2.05, 4.69) is 24.4 Å². The minimum atomic E-state index is -0.250. The Bertz CT molecular complexity index is 1220. The van der Waals surface area contributed by atoms with Crippen molar-refractivity contribution in [3.63, 3.8) is 0 Å². The third kappa shape index (κ3) is 4.33. The molecule has 4 nitrogen and oxygen atoms in total. The van der Waals surface area contributed by atoms with Gasteiger partial charge >= 0.3 is 0 Å². The lowest BCUT2D eigenvalue weighted by molar-refractivity contribution is 0.0667. The second-order valence-corrected chi connectivity index (χ2v) is 8.23. The lowest BCUT2D eigenvalue weighted by atomic mass is 10.1. The Morgan fingerprint density at radius 2 is 1.45 bits per heavy atom. The highest BCUT2D eigenvalue weighted by atomic mass is 16.5. The monoisotopic (exact) mass is 434 g/mol. The molecule has 33 heavy (non-hydrogen) atoms. The second kappa shape index (κ2) is 9.21. The molecule has 1 aliphatic heterocycles. The molecule has 0 spiro atoms. The number of rotatable bonds is 7. The van der Waals surface area contributed by atoms with Gasteiger partial charge in [-0.1, -0.05) is 78.9 Å². The lowest BCUT2D eigenvalue weighted by Gasteiger charge is -2.32. The standard InChI is InChI=1S/C29H26N2O2/c1-21(23-12-6-3-7-13-23)31-28(26-14-8-9-15-27(26)29(31)32)30-24-16-18-25(19-17-24)33-20-22-10-4-2-5-11-22/h2-19,21,28,30H,20H2,1H3/t21-,28+/m1/s1. The summed E-state index contributed by atoms with van der Waals surface area (Å²) in [5, 5.41) is 3.58. The highest BCUT2D eigenvalue weighted by Gasteiger charge is 2.39. The van der Waals surface area contributed by atoms with E-state index in [0.29, 0.717) is 6.61 Å². The summed E-state index contributed by atoms with van der Waals surface area (Å²) in [7, 11) is 0. The van der Waals surface area contributed by atoms with E-state index < -0.39 is 0 Å². The maximum absolute atomic E-state index is 13.4. The Balaban J connectivity index is 1.36. The van der Waals surface area contributed by atoms with Crippen LogP contribution < -0.4 is 10.1 Å². The van der Waals surface area contributed by atoms with Crippen LogP contribution >= 0.6 is 0 Å². The first-order valence-corrected chi connectivity index (χ1v) is 11.2. The maximum atomic E-state index is 13.4. The molecule has 0 saturated carbocycles. The van der Waals surface area contributed by atoms with Gasteiger partial charge in [0.05, 0.1) is 6.04 Å². The number of hydrogen-bond donors (Lipinski definition) is 1.